The second kappa shape index (κ2) is 9.84. The van der Waals surface area contributed by atoms with Gasteiger partial charge in [0, 0.05) is 29.6 Å². The Bertz CT molecular complexity index is 666. The van der Waals surface area contributed by atoms with Crippen LogP contribution in [0.25, 0.3) is 0 Å². The smallest absolute Gasteiger partial charge is 0.319 e. The van der Waals surface area contributed by atoms with Crippen molar-refractivity contribution in [3.8, 4) is 0 Å². The lowest BCUT2D eigenvalue weighted by Gasteiger charge is -2.11. The standard InChI is InChI=1S/C19H25N3O2S/c1-14(2)21-19(24)22-16-10-8-15(9-11-16)13-20-18(23)7-3-5-17-6-4-12-25-17/h4,6,8-12,14H,3,5,7,13H2,1-2H3,(H,20,23)(H2,21,22,24). The Morgan fingerprint density at radius 1 is 1.12 bits per heavy atom. The number of amides is 3. The summed E-state index contributed by atoms with van der Waals surface area (Å²) in [6, 6.07) is 11.5. The van der Waals surface area contributed by atoms with Crippen LogP contribution in [0.1, 0.15) is 37.1 Å². The molecule has 3 N–H and O–H groups in total. The van der Waals surface area contributed by atoms with Crippen LogP contribution in [0.3, 0.4) is 0 Å². The summed E-state index contributed by atoms with van der Waals surface area (Å²) in [7, 11) is 0. The maximum atomic E-state index is 11.9. The van der Waals surface area contributed by atoms with E-state index in [2.05, 4.69) is 27.4 Å². The highest BCUT2D eigenvalue weighted by atomic mass is 32.1. The summed E-state index contributed by atoms with van der Waals surface area (Å²) in [4.78, 5) is 24.8. The molecule has 2 aromatic rings. The predicted octanol–water partition coefficient (Wildman–Crippen LogP) is 3.92. The van der Waals surface area contributed by atoms with Crippen LogP contribution in [0.15, 0.2) is 41.8 Å². The van der Waals surface area contributed by atoms with Crippen molar-refractivity contribution in [1.82, 2.24) is 10.6 Å². The van der Waals surface area contributed by atoms with Crippen LogP contribution >= 0.6 is 11.3 Å². The number of carbonyl (C=O) groups excluding carboxylic acids is 2. The highest BCUT2D eigenvalue weighted by Crippen LogP contribution is 2.12. The van der Waals surface area contributed by atoms with Gasteiger partial charge in [0.15, 0.2) is 0 Å². The van der Waals surface area contributed by atoms with Crippen molar-refractivity contribution in [2.45, 2.75) is 45.7 Å². The Hall–Kier alpha value is -2.34. The highest BCUT2D eigenvalue weighted by molar-refractivity contribution is 7.09. The minimum Gasteiger partial charge on any atom is -0.352 e. The Morgan fingerprint density at radius 3 is 2.52 bits per heavy atom. The molecule has 6 heteroatoms. The van der Waals surface area contributed by atoms with Gasteiger partial charge in [-0.05, 0) is 55.8 Å². The molecule has 1 aromatic carbocycles. The molecule has 0 bridgehead atoms. The van der Waals surface area contributed by atoms with E-state index in [4.69, 9.17) is 0 Å². The van der Waals surface area contributed by atoms with E-state index >= 15 is 0 Å². The van der Waals surface area contributed by atoms with Gasteiger partial charge >= 0.3 is 6.03 Å². The molecule has 0 aliphatic heterocycles. The van der Waals surface area contributed by atoms with Crippen molar-refractivity contribution >= 4 is 29.0 Å². The lowest BCUT2D eigenvalue weighted by atomic mass is 10.2. The fourth-order valence-electron chi connectivity index (χ4n) is 2.30. The van der Waals surface area contributed by atoms with Crippen LogP contribution in [0.4, 0.5) is 10.5 Å². The molecule has 0 aliphatic carbocycles. The Kier molecular flexibility index (Phi) is 7.47. The lowest BCUT2D eigenvalue weighted by molar-refractivity contribution is -0.121. The van der Waals surface area contributed by atoms with Crippen LogP contribution in [0.5, 0.6) is 0 Å². The second-order valence-corrected chi connectivity index (χ2v) is 7.19. The van der Waals surface area contributed by atoms with Crippen molar-refractivity contribution < 1.29 is 9.59 Å². The van der Waals surface area contributed by atoms with Crippen molar-refractivity contribution in [3.05, 3.63) is 52.2 Å². The van der Waals surface area contributed by atoms with Gasteiger partial charge in [-0.3, -0.25) is 4.79 Å². The van der Waals surface area contributed by atoms with Crippen LogP contribution in [-0.2, 0) is 17.8 Å². The van der Waals surface area contributed by atoms with Gasteiger partial charge in [-0.15, -0.1) is 11.3 Å². The number of thiophene rings is 1. The Morgan fingerprint density at radius 2 is 1.88 bits per heavy atom. The van der Waals surface area contributed by atoms with E-state index in [0.29, 0.717) is 13.0 Å². The van der Waals surface area contributed by atoms with Crippen molar-refractivity contribution in [1.29, 1.82) is 0 Å². The van der Waals surface area contributed by atoms with Gasteiger partial charge in [0.2, 0.25) is 5.91 Å². The number of hydrogen-bond donors (Lipinski definition) is 3. The molecule has 0 fully saturated rings. The number of benzene rings is 1. The normalized spacial score (nSPS) is 10.5. The van der Waals surface area contributed by atoms with Crippen LogP contribution < -0.4 is 16.0 Å². The summed E-state index contributed by atoms with van der Waals surface area (Å²) in [5, 5.41) is 10.5. The van der Waals surface area contributed by atoms with Crippen molar-refractivity contribution in [2.24, 2.45) is 0 Å². The minimum absolute atomic E-state index is 0.0649. The first kappa shape index (κ1) is 19.0. The summed E-state index contributed by atoms with van der Waals surface area (Å²) >= 11 is 1.73. The molecule has 3 amide bonds. The summed E-state index contributed by atoms with van der Waals surface area (Å²) in [6.45, 7) is 4.31. The van der Waals surface area contributed by atoms with Gasteiger partial charge in [-0.1, -0.05) is 18.2 Å². The van der Waals surface area contributed by atoms with E-state index in [1.807, 2.05) is 44.2 Å². The summed E-state index contributed by atoms with van der Waals surface area (Å²) < 4.78 is 0. The summed E-state index contributed by atoms with van der Waals surface area (Å²) in [5.74, 6) is 0.0649. The lowest BCUT2D eigenvalue weighted by Crippen LogP contribution is -2.34. The molecule has 1 heterocycles. The second-order valence-electron chi connectivity index (χ2n) is 6.16. The average molecular weight is 359 g/mol. The van der Waals surface area contributed by atoms with Gasteiger partial charge in [-0.25, -0.2) is 4.79 Å². The number of carbonyl (C=O) groups is 2. The van der Waals surface area contributed by atoms with Gasteiger partial charge < -0.3 is 16.0 Å². The van der Waals surface area contributed by atoms with Crippen molar-refractivity contribution in [3.63, 3.8) is 0 Å². The first-order valence-electron chi connectivity index (χ1n) is 8.48. The van der Waals surface area contributed by atoms with Crippen molar-refractivity contribution in [2.75, 3.05) is 5.32 Å². The van der Waals surface area contributed by atoms with Gasteiger partial charge in [0.05, 0.1) is 0 Å². The molecular weight excluding hydrogens is 334 g/mol. The molecule has 0 aliphatic rings. The largest absolute Gasteiger partial charge is 0.352 e. The monoisotopic (exact) mass is 359 g/mol. The Labute approximate surface area is 152 Å². The third-order valence-electron chi connectivity index (χ3n) is 3.53. The highest BCUT2D eigenvalue weighted by Gasteiger charge is 2.05. The SMILES string of the molecule is CC(C)NC(=O)Nc1ccc(CNC(=O)CCCc2cccs2)cc1. The van der Waals surface area contributed by atoms with E-state index in [0.717, 1.165) is 24.1 Å². The fraction of sp³-hybridized carbons (Fsp3) is 0.368. The summed E-state index contributed by atoms with van der Waals surface area (Å²) in [5.41, 5.74) is 1.73. The topological polar surface area (TPSA) is 70.2 Å². The van der Waals surface area contributed by atoms with E-state index in [1.165, 1.54) is 4.88 Å². The van der Waals surface area contributed by atoms with Gasteiger partial charge in [0.1, 0.15) is 0 Å². The molecule has 5 nitrogen and oxygen atoms in total. The maximum Gasteiger partial charge on any atom is 0.319 e. The maximum absolute atomic E-state index is 11.9. The third kappa shape index (κ3) is 7.39. The van der Waals surface area contributed by atoms with Crippen LogP contribution in [0, 0.1) is 0 Å². The zero-order chi connectivity index (χ0) is 18.1. The molecule has 134 valence electrons. The number of rotatable bonds is 8. The van der Waals surface area contributed by atoms with E-state index < -0.39 is 0 Å². The van der Waals surface area contributed by atoms with Crippen LogP contribution in [-0.4, -0.2) is 18.0 Å². The summed E-state index contributed by atoms with van der Waals surface area (Å²) in [6.07, 6.45) is 2.34. The number of urea groups is 1. The zero-order valence-corrected chi connectivity index (χ0v) is 15.5. The predicted molar refractivity (Wildman–Crippen MR) is 103 cm³/mol. The molecule has 0 saturated heterocycles. The molecule has 0 unspecified atom stereocenters. The molecule has 0 spiro atoms. The minimum atomic E-state index is -0.221. The first-order valence-corrected chi connectivity index (χ1v) is 9.36. The zero-order valence-electron chi connectivity index (χ0n) is 14.7. The van der Waals surface area contributed by atoms with E-state index in [-0.39, 0.29) is 18.0 Å². The van der Waals surface area contributed by atoms with E-state index in [1.54, 1.807) is 11.3 Å². The molecule has 0 saturated carbocycles. The number of nitrogens with one attached hydrogen (secondary N) is 3. The molecule has 0 atom stereocenters. The van der Waals surface area contributed by atoms with Gasteiger partial charge in [0.25, 0.3) is 0 Å². The number of anilines is 1. The molecule has 2 rings (SSSR count). The molecule has 1 aromatic heterocycles. The fourth-order valence-corrected chi connectivity index (χ4v) is 3.05. The number of hydrogen-bond acceptors (Lipinski definition) is 3. The van der Waals surface area contributed by atoms with Gasteiger partial charge in [-0.2, -0.15) is 0 Å². The molecular formula is C19H25N3O2S. The third-order valence-corrected chi connectivity index (χ3v) is 4.46. The molecule has 25 heavy (non-hydrogen) atoms. The van der Waals surface area contributed by atoms with Crippen LogP contribution in [0.2, 0.25) is 0 Å². The Balaban J connectivity index is 1.68. The first-order chi connectivity index (χ1) is 12.0. The molecule has 0 radical (unpaired) electrons. The van der Waals surface area contributed by atoms with E-state index in [9.17, 15) is 9.59 Å². The average Bonchev–Trinajstić information content (AvgIpc) is 3.07. The quantitative estimate of drug-likeness (QED) is 0.668. The number of aryl methyl sites for hydroxylation is 1.